The average molecular weight is 781 g/mol. The Morgan fingerprint density at radius 3 is 2.09 bits per heavy atom. The molecule has 6 N–H and O–H groups in total. The van der Waals surface area contributed by atoms with Gasteiger partial charge in [0.15, 0.2) is 18.9 Å². The zero-order valence-corrected chi connectivity index (χ0v) is 32.9. The molecule has 0 aromatic rings. The number of aliphatic hydroxyl groups excluding tert-OH is 5. The highest BCUT2D eigenvalue weighted by molar-refractivity contribution is 5.85. The van der Waals surface area contributed by atoms with Crippen molar-refractivity contribution in [1.29, 1.82) is 0 Å². The Kier molecular flexibility index (Phi) is 11.1. The van der Waals surface area contributed by atoms with Crippen molar-refractivity contribution in [2.75, 3.05) is 13.2 Å². The van der Waals surface area contributed by atoms with Crippen molar-refractivity contribution >= 4 is 5.97 Å². The van der Waals surface area contributed by atoms with Crippen LogP contribution in [0.4, 0.5) is 0 Å². The Hall–Kier alpha value is -1.27. The predicted octanol–water partition coefficient (Wildman–Crippen LogP) is 2.08. The molecule has 0 amide bonds. The lowest BCUT2D eigenvalue weighted by Crippen LogP contribution is -2.67. The van der Waals surface area contributed by atoms with Gasteiger partial charge in [0, 0.05) is 30.3 Å². The number of aliphatic hydroxyl groups is 6. The molecule has 14 heteroatoms. The summed E-state index contributed by atoms with van der Waals surface area (Å²) in [5, 5.41) is 66.9. The highest BCUT2D eigenvalue weighted by Crippen LogP contribution is 2.70. The lowest BCUT2D eigenvalue weighted by atomic mass is 9.42. The van der Waals surface area contributed by atoms with Crippen LogP contribution in [0.15, 0.2) is 11.6 Å². The van der Waals surface area contributed by atoms with Crippen molar-refractivity contribution in [1.82, 2.24) is 0 Å². The minimum atomic E-state index is -1.01. The minimum Gasteiger partial charge on any atom is -0.458 e. The Labute approximate surface area is 323 Å². The van der Waals surface area contributed by atoms with Crippen LogP contribution in [-0.2, 0) is 38.0 Å². The zero-order valence-electron chi connectivity index (χ0n) is 32.9. The molecule has 3 saturated heterocycles. The van der Waals surface area contributed by atoms with Gasteiger partial charge >= 0.3 is 5.97 Å². The second-order valence-electron chi connectivity index (χ2n) is 18.9. The van der Waals surface area contributed by atoms with Crippen LogP contribution < -0.4 is 0 Å². The van der Waals surface area contributed by atoms with Crippen LogP contribution in [0.2, 0.25) is 0 Å². The maximum atomic E-state index is 12.6. The van der Waals surface area contributed by atoms with Crippen LogP contribution in [0, 0.1) is 40.4 Å². The SMILES string of the molecule is CC1OC(OC2CCC3(C)C(CCC4C3CC(O)C3(C)C(C5=CC(=O)OC5)CCC43O)C2)CC(O)C1OC1CC(O)C(OC2OCC(O)C(O)C2C)C(C)O1. The van der Waals surface area contributed by atoms with E-state index in [0.29, 0.717) is 18.8 Å². The summed E-state index contributed by atoms with van der Waals surface area (Å²) < 4.78 is 42.0. The van der Waals surface area contributed by atoms with E-state index in [0.717, 1.165) is 44.1 Å². The van der Waals surface area contributed by atoms with Crippen molar-refractivity contribution in [2.45, 2.75) is 184 Å². The van der Waals surface area contributed by atoms with E-state index in [4.69, 9.17) is 33.2 Å². The first-order valence-corrected chi connectivity index (χ1v) is 20.9. The second-order valence-corrected chi connectivity index (χ2v) is 18.9. The van der Waals surface area contributed by atoms with Gasteiger partial charge in [0.1, 0.15) is 24.9 Å². The fraction of sp³-hybridized carbons (Fsp3) is 0.927. The Bertz CT molecular complexity index is 1420. The molecule has 4 heterocycles. The number of hydrogen-bond acceptors (Lipinski definition) is 14. The molecule has 312 valence electrons. The maximum absolute atomic E-state index is 12.6. The summed E-state index contributed by atoms with van der Waals surface area (Å²) in [5.41, 5.74) is -0.892. The third kappa shape index (κ3) is 6.85. The Balaban J connectivity index is 0.840. The maximum Gasteiger partial charge on any atom is 0.331 e. The molecule has 7 fully saturated rings. The fourth-order valence-electron chi connectivity index (χ4n) is 12.7. The third-order valence-electron chi connectivity index (χ3n) is 16.1. The van der Waals surface area contributed by atoms with Crippen LogP contribution in [-0.4, -0.2) is 135 Å². The van der Waals surface area contributed by atoms with E-state index in [1.807, 2.05) is 13.8 Å². The largest absolute Gasteiger partial charge is 0.458 e. The van der Waals surface area contributed by atoms with E-state index < -0.39 is 90.7 Å². The summed E-state index contributed by atoms with van der Waals surface area (Å²) >= 11 is 0. The monoisotopic (exact) mass is 780 g/mol. The highest BCUT2D eigenvalue weighted by Gasteiger charge is 2.71. The van der Waals surface area contributed by atoms with Gasteiger partial charge in [-0.15, -0.1) is 0 Å². The van der Waals surface area contributed by atoms with E-state index in [1.54, 1.807) is 19.9 Å². The van der Waals surface area contributed by atoms with Crippen molar-refractivity contribution in [3.8, 4) is 0 Å². The van der Waals surface area contributed by atoms with Crippen molar-refractivity contribution in [2.24, 2.45) is 40.4 Å². The molecule has 0 aromatic heterocycles. The minimum absolute atomic E-state index is 0.0455. The second kappa shape index (κ2) is 15.1. The number of ether oxygens (including phenoxy) is 7. The quantitative estimate of drug-likeness (QED) is 0.162. The molecule has 0 radical (unpaired) electrons. The lowest BCUT2D eigenvalue weighted by Gasteiger charge is -2.65. The van der Waals surface area contributed by atoms with Crippen LogP contribution in [0.1, 0.15) is 98.8 Å². The van der Waals surface area contributed by atoms with Crippen LogP contribution in [0.25, 0.3) is 0 Å². The lowest BCUT2D eigenvalue weighted by molar-refractivity contribution is -0.337. The molecule has 0 bridgehead atoms. The molecule has 8 rings (SSSR count). The van der Waals surface area contributed by atoms with E-state index in [2.05, 4.69) is 6.92 Å². The number of rotatable bonds is 7. The fourth-order valence-corrected chi connectivity index (χ4v) is 12.7. The Morgan fingerprint density at radius 1 is 0.764 bits per heavy atom. The normalized spacial score (nSPS) is 55.5. The summed E-state index contributed by atoms with van der Waals surface area (Å²) in [5.74, 6) is -0.298. The first kappa shape index (κ1) is 40.5. The number of carbonyl (C=O) groups excluding carboxylic acids is 1. The topological polar surface area (TPSA) is 203 Å². The van der Waals surface area contributed by atoms with Crippen molar-refractivity contribution in [3.05, 3.63) is 11.6 Å². The van der Waals surface area contributed by atoms with Gasteiger partial charge in [-0.3, -0.25) is 0 Å². The van der Waals surface area contributed by atoms with Gasteiger partial charge in [-0.1, -0.05) is 20.8 Å². The Morgan fingerprint density at radius 2 is 1.44 bits per heavy atom. The van der Waals surface area contributed by atoms with Crippen LogP contribution in [0.3, 0.4) is 0 Å². The van der Waals surface area contributed by atoms with Crippen LogP contribution in [0.5, 0.6) is 0 Å². The highest BCUT2D eigenvalue weighted by atomic mass is 16.7. The summed E-state index contributed by atoms with van der Waals surface area (Å²) in [4.78, 5) is 11.9. The van der Waals surface area contributed by atoms with E-state index in [1.165, 1.54) is 0 Å². The van der Waals surface area contributed by atoms with Gasteiger partial charge in [0.2, 0.25) is 0 Å². The molecule has 21 atom stereocenters. The molecule has 21 unspecified atom stereocenters. The molecular weight excluding hydrogens is 716 g/mol. The number of cyclic esters (lactones) is 1. The average Bonchev–Trinajstić information content (AvgIpc) is 3.68. The summed E-state index contributed by atoms with van der Waals surface area (Å²) in [6.45, 7) is 9.89. The summed E-state index contributed by atoms with van der Waals surface area (Å²) in [6.07, 6.45) is -0.994. The zero-order chi connectivity index (χ0) is 39.2. The molecule has 55 heavy (non-hydrogen) atoms. The van der Waals surface area contributed by atoms with E-state index in [9.17, 15) is 35.4 Å². The number of esters is 1. The number of hydrogen-bond donors (Lipinski definition) is 6. The molecular formula is C41H64O14. The molecule has 4 aliphatic heterocycles. The predicted molar refractivity (Wildman–Crippen MR) is 193 cm³/mol. The summed E-state index contributed by atoms with van der Waals surface area (Å²) in [7, 11) is 0. The third-order valence-corrected chi connectivity index (χ3v) is 16.1. The first-order chi connectivity index (χ1) is 26.0. The summed E-state index contributed by atoms with van der Waals surface area (Å²) in [6, 6.07) is 0. The van der Waals surface area contributed by atoms with Crippen molar-refractivity contribution in [3.63, 3.8) is 0 Å². The van der Waals surface area contributed by atoms with Gasteiger partial charge in [0.05, 0.1) is 54.9 Å². The smallest absolute Gasteiger partial charge is 0.331 e. The van der Waals surface area contributed by atoms with Gasteiger partial charge < -0.3 is 63.8 Å². The van der Waals surface area contributed by atoms with Gasteiger partial charge in [-0.25, -0.2) is 4.79 Å². The van der Waals surface area contributed by atoms with Gasteiger partial charge in [0.25, 0.3) is 0 Å². The van der Waals surface area contributed by atoms with Crippen LogP contribution >= 0.6 is 0 Å². The molecule has 4 saturated carbocycles. The van der Waals surface area contributed by atoms with Gasteiger partial charge in [-0.05, 0) is 99.9 Å². The van der Waals surface area contributed by atoms with Gasteiger partial charge in [-0.2, -0.15) is 0 Å². The molecule has 0 aromatic carbocycles. The standard InChI is InChI=1S/C41H64O14/c1-19-35(47)30(44)18-50-38(19)55-37-21(3)52-34(16-29(37)43)54-36-20(2)51-33(15-28(36)42)53-24-8-10-39(4)23(13-24)6-7-26-27(39)14-31(45)40(5)25(9-11-41(26,40)48)22-12-32(46)49-17-22/h12,19-21,23-31,33-38,42-45,47-48H,6-11,13-18H2,1-5H3. The first-order valence-electron chi connectivity index (χ1n) is 20.9. The van der Waals surface area contributed by atoms with E-state index >= 15 is 0 Å². The number of carbonyl (C=O) groups is 1. The molecule has 4 aliphatic carbocycles. The number of fused-ring (bicyclic) bond motifs is 5. The molecule has 14 nitrogen and oxygen atoms in total. The molecule has 0 spiro atoms. The molecule has 8 aliphatic rings. The van der Waals surface area contributed by atoms with E-state index in [-0.39, 0.29) is 61.3 Å². The van der Waals surface area contributed by atoms with Crippen molar-refractivity contribution < 1.29 is 68.6 Å².